The fourth-order valence-electron chi connectivity index (χ4n) is 3.07. The van der Waals surface area contributed by atoms with Crippen molar-refractivity contribution in [3.05, 3.63) is 59.2 Å². The molecule has 2 aromatic carbocycles. The summed E-state index contributed by atoms with van der Waals surface area (Å²) in [5.74, 6) is 0.0974. The van der Waals surface area contributed by atoms with Crippen molar-refractivity contribution in [2.45, 2.75) is 22.6 Å². The Morgan fingerprint density at radius 3 is 2.50 bits per heavy atom. The van der Waals surface area contributed by atoms with Crippen molar-refractivity contribution in [3.8, 4) is 0 Å². The summed E-state index contributed by atoms with van der Waals surface area (Å²) in [7, 11) is 0. The van der Waals surface area contributed by atoms with Crippen LogP contribution in [0.3, 0.4) is 0 Å². The van der Waals surface area contributed by atoms with Crippen molar-refractivity contribution in [2.75, 3.05) is 13.1 Å². The van der Waals surface area contributed by atoms with E-state index in [1.165, 1.54) is 0 Å². The van der Waals surface area contributed by atoms with Gasteiger partial charge < -0.3 is 9.88 Å². The van der Waals surface area contributed by atoms with E-state index in [9.17, 15) is 4.79 Å². The van der Waals surface area contributed by atoms with Crippen molar-refractivity contribution >= 4 is 40.2 Å². The number of nitrogens with one attached hydrogen (secondary N) is 1. The lowest BCUT2D eigenvalue weighted by atomic mass is 10.2. The highest BCUT2D eigenvalue weighted by Gasteiger charge is 2.25. The van der Waals surface area contributed by atoms with Crippen molar-refractivity contribution in [1.29, 1.82) is 0 Å². The number of aromatic nitrogens is 1. The second-order valence-electron chi connectivity index (χ2n) is 5.93. The molecule has 0 radical (unpaired) electrons. The van der Waals surface area contributed by atoms with Crippen LogP contribution in [0.25, 0.3) is 10.9 Å². The minimum Gasteiger partial charge on any atom is -0.350 e. The molecule has 0 spiro atoms. The molecule has 3 nitrogen and oxygen atoms in total. The number of rotatable bonds is 3. The lowest BCUT2D eigenvalue weighted by Gasteiger charge is -2.15. The molecule has 1 fully saturated rings. The number of carbonyl (C=O) groups excluding carboxylic acids is 1. The second-order valence-corrected chi connectivity index (χ2v) is 7.45. The maximum Gasteiger partial charge on any atom is 0.271 e. The summed E-state index contributed by atoms with van der Waals surface area (Å²) < 4.78 is 0. The Bertz CT molecular complexity index is 882. The van der Waals surface area contributed by atoms with E-state index in [0.29, 0.717) is 10.7 Å². The standard InChI is InChI=1S/C19H17ClN2OS/c20-13-7-9-14(10-8-13)24-18-15-5-1-2-6-16(15)21-17(18)19(23)22-11-3-4-12-22/h1-2,5-10,21H,3-4,11-12H2. The first-order chi connectivity index (χ1) is 11.7. The van der Waals surface area contributed by atoms with Gasteiger partial charge in [-0.05, 0) is 43.2 Å². The Labute approximate surface area is 150 Å². The number of aromatic amines is 1. The summed E-state index contributed by atoms with van der Waals surface area (Å²) in [4.78, 5) is 20.3. The summed E-state index contributed by atoms with van der Waals surface area (Å²) in [5, 5.41) is 1.80. The average Bonchev–Trinajstić information content (AvgIpc) is 3.25. The van der Waals surface area contributed by atoms with Crippen molar-refractivity contribution < 1.29 is 4.79 Å². The number of carbonyl (C=O) groups is 1. The zero-order chi connectivity index (χ0) is 16.5. The third-order valence-corrected chi connectivity index (χ3v) is 5.69. The number of benzene rings is 2. The number of H-pyrrole nitrogens is 1. The minimum absolute atomic E-state index is 0.0974. The van der Waals surface area contributed by atoms with Gasteiger partial charge >= 0.3 is 0 Å². The van der Waals surface area contributed by atoms with Crippen molar-refractivity contribution in [1.82, 2.24) is 9.88 Å². The fraction of sp³-hybridized carbons (Fsp3) is 0.211. The predicted molar refractivity (Wildman–Crippen MR) is 99.0 cm³/mol. The molecular weight excluding hydrogens is 340 g/mol. The van der Waals surface area contributed by atoms with Gasteiger partial charge in [-0.15, -0.1) is 0 Å². The smallest absolute Gasteiger partial charge is 0.271 e. The third kappa shape index (κ3) is 2.92. The maximum atomic E-state index is 12.9. The Kier molecular flexibility index (Phi) is 4.25. The van der Waals surface area contributed by atoms with E-state index >= 15 is 0 Å². The highest BCUT2D eigenvalue weighted by molar-refractivity contribution is 7.99. The number of hydrogen-bond donors (Lipinski definition) is 1. The molecule has 1 saturated heterocycles. The monoisotopic (exact) mass is 356 g/mol. The number of amides is 1. The summed E-state index contributed by atoms with van der Waals surface area (Å²) >= 11 is 7.59. The van der Waals surface area contributed by atoms with E-state index in [0.717, 1.165) is 46.6 Å². The Hall–Kier alpha value is -1.91. The number of likely N-dealkylation sites (tertiary alicyclic amines) is 1. The number of nitrogens with zero attached hydrogens (tertiary/aromatic N) is 1. The SMILES string of the molecule is O=C(c1[nH]c2ccccc2c1Sc1ccc(Cl)cc1)N1CCCC1. The van der Waals surface area contributed by atoms with Gasteiger partial charge in [0.1, 0.15) is 5.69 Å². The van der Waals surface area contributed by atoms with E-state index in [1.54, 1.807) is 11.8 Å². The Morgan fingerprint density at radius 1 is 1.04 bits per heavy atom. The lowest BCUT2D eigenvalue weighted by molar-refractivity contribution is 0.0784. The van der Waals surface area contributed by atoms with Gasteiger partial charge in [0.15, 0.2) is 0 Å². The number of hydrogen-bond acceptors (Lipinski definition) is 2. The molecule has 0 aliphatic carbocycles. The molecule has 2 heterocycles. The molecule has 1 aliphatic rings. The van der Waals surface area contributed by atoms with Gasteiger partial charge in [0, 0.05) is 33.9 Å². The molecule has 1 N–H and O–H groups in total. The van der Waals surface area contributed by atoms with Gasteiger partial charge in [-0.25, -0.2) is 0 Å². The molecule has 0 unspecified atom stereocenters. The molecular formula is C19H17ClN2OS. The highest BCUT2D eigenvalue weighted by atomic mass is 35.5. The predicted octanol–water partition coefficient (Wildman–Crippen LogP) is 5.21. The molecule has 1 amide bonds. The summed E-state index contributed by atoms with van der Waals surface area (Å²) in [6.45, 7) is 1.69. The topological polar surface area (TPSA) is 36.1 Å². The fourth-order valence-corrected chi connectivity index (χ4v) is 4.23. The van der Waals surface area contributed by atoms with Crippen molar-refractivity contribution in [3.63, 3.8) is 0 Å². The minimum atomic E-state index is 0.0974. The zero-order valence-electron chi connectivity index (χ0n) is 13.1. The Balaban J connectivity index is 1.77. The molecule has 3 aromatic rings. The maximum absolute atomic E-state index is 12.9. The lowest BCUT2D eigenvalue weighted by Crippen LogP contribution is -2.28. The van der Waals surface area contributed by atoms with Crippen LogP contribution in [0.5, 0.6) is 0 Å². The molecule has 1 aliphatic heterocycles. The van der Waals surface area contributed by atoms with Crippen LogP contribution in [0.2, 0.25) is 5.02 Å². The highest BCUT2D eigenvalue weighted by Crippen LogP contribution is 2.37. The van der Waals surface area contributed by atoms with Crippen LogP contribution in [0.15, 0.2) is 58.3 Å². The van der Waals surface area contributed by atoms with Crippen LogP contribution in [0.4, 0.5) is 0 Å². The number of fused-ring (bicyclic) bond motifs is 1. The molecule has 122 valence electrons. The average molecular weight is 357 g/mol. The van der Waals surface area contributed by atoms with Crippen LogP contribution in [0.1, 0.15) is 23.3 Å². The van der Waals surface area contributed by atoms with Gasteiger partial charge in [-0.1, -0.05) is 41.6 Å². The van der Waals surface area contributed by atoms with E-state index in [4.69, 9.17) is 11.6 Å². The van der Waals surface area contributed by atoms with E-state index < -0.39 is 0 Å². The molecule has 0 bridgehead atoms. The van der Waals surface area contributed by atoms with E-state index in [2.05, 4.69) is 11.1 Å². The summed E-state index contributed by atoms with van der Waals surface area (Å²) in [5.41, 5.74) is 1.69. The van der Waals surface area contributed by atoms with Gasteiger partial charge in [0.05, 0.1) is 4.90 Å². The zero-order valence-corrected chi connectivity index (χ0v) is 14.7. The van der Waals surface area contributed by atoms with Gasteiger partial charge in [0.25, 0.3) is 5.91 Å². The van der Waals surface area contributed by atoms with E-state index in [1.807, 2.05) is 47.4 Å². The molecule has 5 heteroatoms. The molecule has 4 rings (SSSR count). The first-order valence-corrected chi connectivity index (χ1v) is 9.25. The quantitative estimate of drug-likeness (QED) is 0.699. The van der Waals surface area contributed by atoms with Gasteiger partial charge in [0.2, 0.25) is 0 Å². The number of para-hydroxylation sites is 1. The van der Waals surface area contributed by atoms with Crippen LogP contribution in [-0.2, 0) is 0 Å². The van der Waals surface area contributed by atoms with E-state index in [-0.39, 0.29) is 5.91 Å². The first-order valence-electron chi connectivity index (χ1n) is 8.06. The molecule has 0 atom stereocenters. The summed E-state index contributed by atoms with van der Waals surface area (Å²) in [6, 6.07) is 15.8. The first kappa shape index (κ1) is 15.6. The normalized spacial score (nSPS) is 14.5. The third-order valence-electron chi connectivity index (χ3n) is 4.30. The summed E-state index contributed by atoms with van der Waals surface area (Å²) in [6.07, 6.45) is 2.18. The van der Waals surface area contributed by atoms with Crippen molar-refractivity contribution in [2.24, 2.45) is 0 Å². The van der Waals surface area contributed by atoms with Crippen LogP contribution in [-0.4, -0.2) is 28.9 Å². The van der Waals surface area contributed by atoms with Crippen LogP contribution < -0.4 is 0 Å². The largest absolute Gasteiger partial charge is 0.350 e. The van der Waals surface area contributed by atoms with Gasteiger partial charge in [-0.3, -0.25) is 4.79 Å². The molecule has 1 aromatic heterocycles. The molecule has 24 heavy (non-hydrogen) atoms. The molecule has 0 saturated carbocycles. The Morgan fingerprint density at radius 2 is 1.75 bits per heavy atom. The van der Waals surface area contributed by atoms with Gasteiger partial charge in [-0.2, -0.15) is 0 Å². The second kappa shape index (κ2) is 6.54. The van der Waals surface area contributed by atoms with Crippen LogP contribution in [0, 0.1) is 0 Å². The number of halogens is 1. The van der Waals surface area contributed by atoms with Crippen LogP contribution >= 0.6 is 23.4 Å².